The van der Waals surface area contributed by atoms with Crippen LogP contribution in [0.3, 0.4) is 0 Å². The molecule has 6 heteroatoms. The van der Waals surface area contributed by atoms with E-state index in [1.54, 1.807) is 0 Å². The summed E-state index contributed by atoms with van der Waals surface area (Å²) in [5.41, 5.74) is 0. The standard InChI is InChI=1S/C63H122O6/c1-6-8-9-10-11-12-13-14-15-16-17-24-30-35-40-45-50-55-63(66)69-60(57-68-62(65)54-49-44-39-34-29-25-20-21-26-31-36-41-46-51-58(3)4)56-67-61(64)53-48-43-38-33-28-23-19-18-22-27-32-37-42-47-52-59(5)7-2/h58-60H,6-57H2,1-5H3/t59?,60-/m1/s1. The van der Waals surface area contributed by atoms with Gasteiger partial charge in [-0.15, -0.1) is 0 Å². The third-order valence-electron chi connectivity index (χ3n) is 14.8. The number of ether oxygens (including phenoxy) is 3. The Hall–Kier alpha value is -1.59. The second-order valence-corrected chi connectivity index (χ2v) is 22.4. The molecule has 6 nitrogen and oxygen atoms in total. The summed E-state index contributed by atoms with van der Waals surface area (Å²) in [6, 6.07) is 0. The molecule has 0 aromatic heterocycles. The van der Waals surface area contributed by atoms with E-state index in [1.165, 1.54) is 244 Å². The summed E-state index contributed by atoms with van der Waals surface area (Å²) in [7, 11) is 0. The average molecular weight is 976 g/mol. The van der Waals surface area contributed by atoms with Crippen LogP contribution in [0.5, 0.6) is 0 Å². The van der Waals surface area contributed by atoms with Crippen LogP contribution in [0.1, 0.15) is 356 Å². The number of esters is 3. The van der Waals surface area contributed by atoms with Crippen molar-refractivity contribution in [3.63, 3.8) is 0 Å². The van der Waals surface area contributed by atoms with Gasteiger partial charge in [-0.25, -0.2) is 0 Å². The van der Waals surface area contributed by atoms with Gasteiger partial charge in [0.15, 0.2) is 6.10 Å². The Morgan fingerprint density at radius 3 is 0.826 bits per heavy atom. The smallest absolute Gasteiger partial charge is 0.306 e. The zero-order valence-electron chi connectivity index (χ0n) is 47.5. The first-order valence-electron chi connectivity index (χ1n) is 31.3. The molecule has 0 aliphatic heterocycles. The average Bonchev–Trinajstić information content (AvgIpc) is 3.34. The van der Waals surface area contributed by atoms with Crippen LogP contribution in [-0.2, 0) is 28.6 Å². The van der Waals surface area contributed by atoms with E-state index in [0.717, 1.165) is 69.6 Å². The quantitative estimate of drug-likeness (QED) is 0.0343. The molecule has 0 aliphatic rings. The first-order chi connectivity index (χ1) is 33.8. The molecule has 0 aliphatic carbocycles. The Morgan fingerprint density at radius 2 is 0.551 bits per heavy atom. The Labute approximate surface area is 431 Å². The van der Waals surface area contributed by atoms with Gasteiger partial charge in [0.25, 0.3) is 0 Å². The lowest BCUT2D eigenvalue weighted by Gasteiger charge is -2.18. The normalized spacial score (nSPS) is 12.4. The molecule has 0 saturated heterocycles. The van der Waals surface area contributed by atoms with Crippen LogP contribution in [0.4, 0.5) is 0 Å². The third kappa shape index (κ3) is 55.6. The zero-order valence-corrected chi connectivity index (χ0v) is 47.5. The van der Waals surface area contributed by atoms with Gasteiger partial charge in [0.05, 0.1) is 0 Å². The molecule has 0 fully saturated rings. The predicted molar refractivity (Wildman–Crippen MR) is 298 cm³/mol. The van der Waals surface area contributed by atoms with Crippen molar-refractivity contribution in [3.05, 3.63) is 0 Å². The van der Waals surface area contributed by atoms with E-state index in [9.17, 15) is 14.4 Å². The van der Waals surface area contributed by atoms with Gasteiger partial charge in [-0.05, 0) is 31.1 Å². The summed E-state index contributed by atoms with van der Waals surface area (Å²) < 4.78 is 17.0. The maximum Gasteiger partial charge on any atom is 0.306 e. The fourth-order valence-corrected chi connectivity index (χ4v) is 9.73. The second kappa shape index (κ2) is 55.7. The molecular weight excluding hydrogens is 853 g/mol. The Morgan fingerprint density at radius 1 is 0.304 bits per heavy atom. The van der Waals surface area contributed by atoms with Gasteiger partial charge >= 0.3 is 17.9 Å². The van der Waals surface area contributed by atoms with E-state index in [-0.39, 0.29) is 31.1 Å². The molecule has 0 rings (SSSR count). The molecule has 0 aromatic rings. The monoisotopic (exact) mass is 975 g/mol. The van der Waals surface area contributed by atoms with Crippen molar-refractivity contribution in [1.29, 1.82) is 0 Å². The molecule has 0 N–H and O–H groups in total. The van der Waals surface area contributed by atoms with E-state index in [2.05, 4.69) is 34.6 Å². The highest BCUT2D eigenvalue weighted by atomic mass is 16.6. The van der Waals surface area contributed by atoms with Crippen LogP contribution in [0.15, 0.2) is 0 Å². The Balaban J connectivity index is 4.30. The summed E-state index contributed by atoms with van der Waals surface area (Å²) in [6.45, 7) is 11.5. The fraction of sp³-hybridized carbons (Fsp3) is 0.952. The highest BCUT2D eigenvalue weighted by Crippen LogP contribution is 2.19. The third-order valence-corrected chi connectivity index (χ3v) is 14.8. The van der Waals surface area contributed by atoms with Crippen molar-refractivity contribution in [2.24, 2.45) is 11.8 Å². The molecule has 0 amide bonds. The minimum absolute atomic E-state index is 0.0621. The number of hydrogen-bond acceptors (Lipinski definition) is 6. The zero-order chi connectivity index (χ0) is 50.4. The molecular formula is C63H122O6. The number of hydrogen-bond donors (Lipinski definition) is 0. The van der Waals surface area contributed by atoms with Crippen molar-refractivity contribution in [3.8, 4) is 0 Å². The van der Waals surface area contributed by atoms with Crippen LogP contribution in [0, 0.1) is 11.8 Å². The van der Waals surface area contributed by atoms with Gasteiger partial charge in [-0.1, -0.05) is 317 Å². The summed E-state index contributed by atoms with van der Waals surface area (Å²) in [6.07, 6.45) is 60.9. The Bertz CT molecular complexity index is 1060. The minimum atomic E-state index is -0.763. The topological polar surface area (TPSA) is 78.9 Å². The highest BCUT2D eigenvalue weighted by molar-refractivity contribution is 5.71. The van der Waals surface area contributed by atoms with E-state index >= 15 is 0 Å². The summed E-state index contributed by atoms with van der Waals surface area (Å²) in [5.74, 6) is 0.903. The van der Waals surface area contributed by atoms with E-state index in [4.69, 9.17) is 14.2 Å². The lowest BCUT2D eigenvalue weighted by molar-refractivity contribution is -0.167. The molecule has 0 spiro atoms. The lowest BCUT2D eigenvalue weighted by Crippen LogP contribution is -2.30. The molecule has 0 aromatic carbocycles. The molecule has 0 radical (unpaired) electrons. The molecule has 0 heterocycles. The van der Waals surface area contributed by atoms with Crippen LogP contribution < -0.4 is 0 Å². The SMILES string of the molecule is CCCCCCCCCCCCCCCCCCCC(=O)O[C@H](COC(=O)CCCCCCCCCCCCCCCCC(C)CC)COC(=O)CCCCCCCCCCCCCCCC(C)C. The minimum Gasteiger partial charge on any atom is -0.462 e. The Kier molecular flexibility index (Phi) is 54.4. The molecule has 0 bridgehead atoms. The highest BCUT2D eigenvalue weighted by Gasteiger charge is 2.19. The maximum absolute atomic E-state index is 12.9. The molecule has 1 unspecified atom stereocenters. The molecule has 0 saturated carbocycles. The molecule has 2 atom stereocenters. The number of unbranched alkanes of at least 4 members (excludes halogenated alkanes) is 41. The van der Waals surface area contributed by atoms with Gasteiger partial charge in [-0.2, -0.15) is 0 Å². The van der Waals surface area contributed by atoms with E-state index < -0.39 is 6.10 Å². The van der Waals surface area contributed by atoms with Gasteiger partial charge in [0.1, 0.15) is 13.2 Å². The summed E-state index contributed by atoms with van der Waals surface area (Å²) >= 11 is 0. The van der Waals surface area contributed by atoms with E-state index in [1.807, 2.05) is 0 Å². The van der Waals surface area contributed by atoms with Crippen molar-refractivity contribution < 1.29 is 28.6 Å². The van der Waals surface area contributed by atoms with Crippen LogP contribution in [0.2, 0.25) is 0 Å². The number of carbonyl (C=O) groups excluding carboxylic acids is 3. The summed E-state index contributed by atoms with van der Waals surface area (Å²) in [4.78, 5) is 38.3. The first-order valence-corrected chi connectivity index (χ1v) is 31.3. The van der Waals surface area contributed by atoms with E-state index in [0.29, 0.717) is 19.3 Å². The summed E-state index contributed by atoms with van der Waals surface area (Å²) in [5, 5.41) is 0. The first kappa shape index (κ1) is 67.4. The number of carbonyl (C=O) groups is 3. The molecule has 410 valence electrons. The maximum atomic E-state index is 12.9. The molecule has 69 heavy (non-hydrogen) atoms. The fourth-order valence-electron chi connectivity index (χ4n) is 9.73. The van der Waals surface area contributed by atoms with Crippen LogP contribution in [0.25, 0.3) is 0 Å². The van der Waals surface area contributed by atoms with Crippen molar-refractivity contribution in [1.82, 2.24) is 0 Å². The van der Waals surface area contributed by atoms with Gasteiger partial charge in [0.2, 0.25) is 0 Å². The van der Waals surface area contributed by atoms with Gasteiger partial charge in [0, 0.05) is 19.3 Å². The van der Waals surface area contributed by atoms with Gasteiger partial charge < -0.3 is 14.2 Å². The largest absolute Gasteiger partial charge is 0.462 e. The second-order valence-electron chi connectivity index (χ2n) is 22.4. The van der Waals surface area contributed by atoms with Crippen molar-refractivity contribution >= 4 is 17.9 Å². The lowest BCUT2D eigenvalue weighted by atomic mass is 9.99. The predicted octanol–water partition coefficient (Wildman–Crippen LogP) is 20.8. The van der Waals surface area contributed by atoms with Crippen molar-refractivity contribution in [2.75, 3.05) is 13.2 Å². The van der Waals surface area contributed by atoms with Crippen LogP contribution in [-0.4, -0.2) is 37.2 Å². The van der Waals surface area contributed by atoms with Crippen molar-refractivity contribution in [2.45, 2.75) is 362 Å². The number of rotatable bonds is 57. The van der Waals surface area contributed by atoms with Gasteiger partial charge in [-0.3, -0.25) is 14.4 Å². The van der Waals surface area contributed by atoms with Crippen LogP contribution >= 0.6 is 0 Å².